The number of furan rings is 1. The van der Waals surface area contributed by atoms with Crippen molar-refractivity contribution >= 4 is 11.8 Å². The molecule has 7 nitrogen and oxygen atoms in total. The molecule has 9 atom stereocenters. The standard InChI is InChI=1S/C25H32O7/c1-20(2)15-11-16(26)23(5)14(22(15,4)24(6,28)32-20)7-9-21(3)17(13-8-10-29-12-13)30-19(27)18-25(21,23)31-18/h8,10,12,14-15,17-18,28H,7,9,11H2,1-6H3/t14-,15+,17+,18-,21+,22-,23+,24+,25-/m1/s1. The average Bonchev–Trinajstić information content (AvgIpc) is 3.21. The van der Waals surface area contributed by atoms with E-state index in [-0.39, 0.29) is 24.0 Å². The smallest absolute Gasteiger partial charge is 0.339 e. The predicted molar refractivity (Wildman–Crippen MR) is 111 cm³/mol. The van der Waals surface area contributed by atoms with Gasteiger partial charge in [-0.05, 0) is 52.5 Å². The lowest BCUT2D eigenvalue weighted by Crippen LogP contribution is -2.72. The van der Waals surface area contributed by atoms with Crippen LogP contribution in [0, 0.1) is 28.1 Å². The number of ketones is 1. The van der Waals surface area contributed by atoms with Gasteiger partial charge in [0.25, 0.3) is 0 Å². The van der Waals surface area contributed by atoms with Gasteiger partial charge in [-0.25, -0.2) is 4.79 Å². The van der Waals surface area contributed by atoms with Crippen LogP contribution in [-0.4, -0.2) is 40.0 Å². The van der Waals surface area contributed by atoms with Crippen LogP contribution in [0.25, 0.3) is 0 Å². The number of carbonyl (C=O) groups is 2. The lowest BCUT2D eigenvalue weighted by Gasteiger charge is -2.64. The van der Waals surface area contributed by atoms with Crippen LogP contribution in [0.2, 0.25) is 0 Å². The van der Waals surface area contributed by atoms with Gasteiger partial charge >= 0.3 is 5.97 Å². The summed E-state index contributed by atoms with van der Waals surface area (Å²) in [6.45, 7) is 11.8. The topological polar surface area (TPSA) is 98.5 Å². The molecule has 1 aromatic heterocycles. The van der Waals surface area contributed by atoms with E-state index in [0.29, 0.717) is 12.8 Å². The van der Waals surface area contributed by atoms with Gasteiger partial charge < -0.3 is 23.7 Å². The molecule has 5 fully saturated rings. The number of esters is 1. The average molecular weight is 445 g/mol. The maximum Gasteiger partial charge on any atom is 0.339 e. The minimum atomic E-state index is -1.40. The first kappa shape index (κ1) is 20.9. The molecule has 0 radical (unpaired) electrons. The second-order valence-corrected chi connectivity index (χ2v) is 12.0. The Morgan fingerprint density at radius 3 is 2.41 bits per heavy atom. The van der Waals surface area contributed by atoms with E-state index in [0.717, 1.165) is 5.56 Å². The van der Waals surface area contributed by atoms with Crippen molar-refractivity contribution in [3.05, 3.63) is 24.2 Å². The molecule has 174 valence electrons. The molecule has 7 heteroatoms. The Labute approximate surface area is 187 Å². The number of carbonyl (C=O) groups excluding carboxylic acids is 2. The minimum absolute atomic E-state index is 0.0911. The molecule has 6 rings (SSSR count). The van der Waals surface area contributed by atoms with Crippen molar-refractivity contribution in [3.63, 3.8) is 0 Å². The number of fused-ring (bicyclic) bond motifs is 3. The van der Waals surface area contributed by atoms with Crippen LogP contribution < -0.4 is 0 Å². The Bertz CT molecular complexity index is 1030. The van der Waals surface area contributed by atoms with Gasteiger partial charge in [-0.15, -0.1) is 0 Å². The van der Waals surface area contributed by atoms with E-state index >= 15 is 0 Å². The van der Waals surface area contributed by atoms with E-state index in [1.165, 1.54) is 0 Å². The van der Waals surface area contributed by atoms with E-state index < -0.39 is 51.4 Å². The SMILES string of the molecule is CC1(C)O[C@](C)(O)[C@]2(C)[C@H]3CC[C@@]4(C)[C@H](c5ccoc5)OC(=O)[C@H]5O[C@]54[C@]3(C)C(=O)C[C@@H]12. The first-order chi connectivity index (χ1) is 14.8. The van der Waals surface area contributed by atoms with Gasteiger partial charge in [0, 0.05) is 28.7 Å². The summed E-state index contributed by atoms with van der Waals surface area (Å²) < 4.78 is 23.7. The maximum atomic E-state index is 14.1. The third-order valence-corrected chi connectivity index (χ3v) is 10.5. The van der Waals surface area contributed by atoms with E-state index in [2.05, 4.69) is 13.8 Å². The zero-order valence-electron chi connectivity index (χ0n) is 19.6. The molecule has 2 aliphatic carbocycles. The Hall–Kier alpha value is -1.70. The molecule has 1 spiro atoms. The van der Waals surface area contributed by atoms with Gasteiger partial charge in [0.2, 0.25) is 0 Å². The van der Waals surface area contributed by atoms with Crippen LogP contribution in [0.1, 0.15) is 72.5 Å². The summed E-state index contributed by atoms with van der Waals surface area (Å²) >= 11 is 0. The lowest BCUT2D eigenvalue weighted by molar-refractivity contribution is -0.273. The molecule has 1 N–H and O–H groups in total. The molecule has 2 saturated carbocycles. The Kier molecular flexibility index (Phi) is 3.59. The Morgan fingerprint density at radius 2 is 1.75 bits per heavy atom. The highest BCUT2D eigenvalue weighted by Gasteiger charge is 2.89. The quantitative estimate of drug-likeness (QED) is 0.522. The fourth-order valence-corrected chi connectivity index (χ4v) is 8.92. The predicted octanol–water partition coefficient (Wildman–Crippen LogP) is 3.55. The molecule has 3 saturated heterocycles. The van der Waals surface area contributed by atoms with Gasteiger partial charge in [-0.1, -0.05) is 13.8 Å². The second kappa shape index (κ2) is 5.50. The zero-order chi connectivity index (χ0) is 23.1. The van der Waals surface area contributed by atoms with Crippen LogP contribution in [0.3, 0.4) is 0 Å². The molecule has 3 aliphatic heterocycles. The number of cyclic esters (lactones) is 1. The van der Waals surface area contributed by atoms with E-state index in [1.807, 2.05) is 26.8 Å². The number of aliphatic hydroxyl groups is 1. The summed E-state index contributed by atoms with van der Waals surface area (Å²) in [5, 5.41) is 11.6. The van der Waals surface area contributed by atoms with Crippen molar-refractivity contribution in [2.24, 2.45) is 28.1 Å². The molecular weight excluding hydrogens is 412 g/mol. The Balaban J connectivity index is 1.54. The summed E-state index contributed by atoms with van der Waals surface area (Å²) in [4.78, 5) is 27.1. The highest BCUT2D eigenvalue weighted by atomic mass is 16.7. The monoisotopic (exact) mass is 444 g/mol. The molecule has 0 aromatic carbocycles. The summed E-state index contributed by atoms with van der Waals surface area (Å²) in [6.07, 6.45) is 3.52. The molecule has 1 aromatic rings. The van der Waals surface area contributed by atoms with Crippen molar-refractivity contribution in [3.8, 4) is 0 Å². The highest BCUT2D eigenvalue weighted by molar-refractivity contribution is 5.93. The van der Waals surface area contributed by atoms with Gasteiger partial charge in [-0.3, -0.25) is 4.79 Å². The van der Waals surface area contributed by atoms with Crippen LogP contribution >= 0.6 is 0 Å². The van der Waals surface area contributed by atoms with Crippen molar-refractivity contribution in [2.75, 3.05) is 0 Å². The minimum Gasteiger partial charge on any atom is -0.472 e. The number of epoxide rings is 1. The van der Waals surface area contributed by atoms with Crippen LogP contribution in [0.15, 0.2) is 23.0 Å². The first-order valence-corrected chi connectivity index (χ1v) is 11.6. The third-order valence-electron chi connectivity index (χ3n) is 10.5. The first-order valence-electron chi connectivity index (χ1n) is 11.6. The van der Waals surface area contributed by atoms with Crippen molar-refractivity contribution in [1.82, 2.24) is 0 Å². The van der Waals surface area contributed by atoms with Crippen molar-refractivity contribution < 1.29 is 33.3 Å². The maximum absolute atomic E-state index is 14.1. The largest absolute Gasteiger partial charge is 0.472 e. The summed E-state index contributed by atoms with van der Waals surface area (Å²) in [5.41, 5.74) is -3.05. The molecule has 0 amide bonds. The molecule has 32 heavy (non-hydrogen) atoms. The fourth-order valence-electron chi connectivity index (χ4n) is 8.92. The van der Waals surface area contributed by atoms with Gasteiger partial charge in [0.15, 0.2) is 11.9 Å². The highest BCUT2D eigenvalue weighted by Crippen LogP contribution is 2.80. The van der Waals surface area contributed by atoms with E-state index in [9.17, 15) is 14.7 Å². The number of ether oxygens (including phenoxy) is 3. The molecular formula is C25H32O7. The van der Waals surface area contributed by atoms with Crippen LogP contribution in [0.5, 0.6) is 0 Å². The Morgan fingerprint density at radius 1 is 1.03 bits per heavy atom. The van der Waals surface area contributed by atoms with Crippen LogP contribution in [-0.2, 0) is 23.8 Å². The number of rotatable bonds is 1. The molecule has 0 unspecified atom stereocenters. The fraction of sp³-hybridized carbons (Fsp3) is 0.760. The van der Waals surface area contributed by atoms with Crippen molar-refractivity contribution in [1.29, 1.82) is 0 Å². The zero-order valence-corrected chi connectivity index (χ0v) is 19.6. The third kappa shape index (κ3) is 1.90. The number of Topliss-reactive ketones (excluding diaryl/α,β-unsaturated/α-hetero) is 1. The lowest BCUT2D eigenvalue weighted by atomic mass is 9.37. The van der Waals surface area contributed by atoms with Gasteiger partial charge in [-0.2, -0.15) is 0 Å². The van der Waals surface area contributed by atoms with Gasteiger partial charge in [0.05, 0.1) is 23.5 Å². The molecule has 5 aliphatic rings. The summed E-state index contributed by atoms with van der Waals surface area (Å²) in [5.74, 6) is -2.07. The number of hydrogen-bond donors (Lipinski definition) is 1. The van der Waals surface area contributed by atoms with E-state index in [1.54, 1.807) is 19.5 Å². The molecule has 0 bridgehead atoms. The second-order valence-electron chi connectivity index (χ2n) is 12.0. The van der Waals surface area contributed by atoms with Crippen molar-refractivity contribution in [2.45, 2.75) is 90.0 Å². The summed E-state index contributed by atoms with van der Waals surface area (Å²) in [7, 11) is 0. The van der Waals surface area contributed by atoms with Crippen LogP contribution in [0.4, 0.5) is 0 Å². The summed E-state index contributed by atoms with van der Waals surface area (Å²) in [6, 6.07) is 1.81. The van der Waals surface area contributed by atoms with Gasteiger partial charge in [0.1, 0.15) is 17.5 Å². The molecule has 4 heterocycles. The number of hydrogen-bond acceptors (Lipinski definition) is 7. The normalized spacial score (nSPS) is 55.3. The van der Waals surface area contributed by atoms with E-state index in [4.69, 9.17) is 18.6 Å².